The first-order valence-corrected chi connectivity index (χ1v) is 17.0. The first kappa shape index (κ1) is 32.0. The Balaban J connectivity index is 1.69. The lowest BCUT2D eigenvalue weighted by atomic mass is 10.1. The molecule has 0 aromatic heterocycles. The molecule has 1 saturated carbocycles. The number of nitrogens with zero attached hydrogens (tertiary/aromatic N) is 2. The first-order valence-electron chi connectivity index (χ1n) is 13.9. The second-order valence-corrected chi connectivity index (χ2v) is 13.9. The largest absolute Gasteiger partial charge is 0.494 e. The van der Waals surface area contributed by atoms with Crippen LogP contribution in [0.4, 0.5) is 5.69 Å². The Hall–Kier alpha value is -2.89. The van der Waals surface area contributed by atoms with Gasteiger partial charge in [0.2, 0.25) is 11.8 Å². The molecular weight excluding hydrogens is 686 g/mol. The van der Waals surface area contributed by atoms with E-state index in [0.29, 0.717) is 18.0 Å². The number of ether oxygens (including phenoxy) is 1. The summed E-state index contributed by atoms with van der Waals surface area (Å²) in [6, 6.07) is 19.6. The third-order valence-corrected chi connectivity index (χ3v) is 10.0. The van der Waals surface area contributed by atoms with Crippen LogP contribution in [-0.2, 0) is 26.2 Å². The normalized spacial score (nSPS) is 14.3. The molecule has 224 valence electrons. The molecule has 0 saturated heterocycles. The van der Waals surface area contributed by atoms with E-state index in [1.807, 2.05) is 31.2 Å². The number of carbonyl (C=O) groups excluding carboxylic acids is 2. The van der Waals surface area contributed by atoms with Gasteiger partial charge >= 0.3 is 0 Å². The summed E-state index contributed by atoms with van der Waals surface area (Å²) in [6.07, 6.45) is 3.94. The van der Waals surface area contributed by atoms with Crippen LogP contribution in [0, 0.1) is 0 Å². The summed E-state index contributed by atoms with van der Waals surface area (Å²) in [4.78, 5) is 28.9. The van der Waals surface area contributed by atoms with Crippen molar-refractivity contribution in [2.24, 2.45) is 0 Å². The molecule has 1 aliphatic rings. The molecule has 0 spiro atoms. The topological polar surface area (TPSA) is 96.0 Å². The number of hydrogen-bond donors (Lipinski definition) is 1. The maximum Gasteiger partial charge on any atom is 0.264 e. The third-order valence-electron chi connectivity index (χ3n) is 7.23. The van der Waals surface area contributed by atoms with Crippen molar-refractivity contribution < 1.29 is 22.7 Å². The minimum atomic E-state index is -4.15. The summed E-state index contributed by atoms with van der Waals surface area (Å²) in [5.74, 6) is -0.172. The van der Waals surface area contributed by atoms with Crippen LogP contribution in [0.5, 0.6) is 5.75 Å². The van der Waals surface area contributed by atoms with Crippen molar-refractivity contribution in [1.29, 1.82) is 0 Å². The fourth-order valence-corrected chi connectivity index (χ4v) is 7.07. The van der Waals surface area contributed by atoms with Gasteiger partial charge in [0.1, 0.15) is 18.3 Å². The van der Waals surface area contributed by atoms with E-state index in [0.717, 1.165) is 44.5 Å². The van der Waals surface area contributed by atoms with Crippen molar-refractivity contribution >= 4 is 59.4 Å². The maximum absolute atomic E-state index is 14.1. The van der Waals surface area contributed by atoms with E-state index in [4.69, 9.17) is 4.74 Å². The average molecular weight is 722 g/mol. The quantitative estimate of drug-likeness (QED) is 0.238. The van der Waals surface area contributed by atoms with Crippen LogP contribution in [0.3, 0.4) is 0 Å². The number of hydrogen-bond acceptors (Lipinski definition) is 5. The van der Waals surface area contributed by atoms with Crippen molar-refractivity contribution in [3.05, 3.63) is 87.3 Å². The maximum atomic E-state index is 14.1. The lowest BCUT2D eigenvalue weighted by Crippen LogP contribution is -2.52. The molecule has 0 radical (unpaired) electrons. The number of amides is 2. The smallest absolute Gasteiger partial charge is 0.264 e. The summed E-state index contributed by atoms with van der Waals surface area (Å²) in [5, 5.41) is 3.08. The summed E-state index contributed by atoms with van der Waals surface area (Å²) in [6.45, 7) is 3.64. The molecule has 42 heavy (non-hydrogen) atoms. The average Bonchev–Trinajstić information content (AvgIpc) is 3.48. The summed E-state index contributed by atoms with van der Waals surface area (Å²) in [7, 11) is -4.15. The minimum absolute atomic E-state index is 0.0398. The van der Waals surface area contributed by atoms with Gasteiger partial charge in [-0.1, -0.05) is 56.8 Å². The zero-order chi connectivity index (χ0) is 30.3. The van der Waals surface area contributed by atoms with Gasteiger partial charge in [0.25, 0.3) is 10.0 Å². The number of rotatable bonds is 12. The number of halogens is 2. The Bertz CT molecular complexity index is 1480. The first-order chi connectivity index (χ1) is 20.1. The molecule has 0 heterocycles. The van der Waals surface area contributed by atoms with E-state index in [-0.39, 0.29) is 23.4 Å². The Morgan fingerprint density at radius 2 is 1.64 bits per heavy atom. The number of anilines is 1. The van der Waals surface area contributed by atoms with Crippen molar-refractivity contribution in [1.82, 2.24) is 10.2 Å². The highest BCUT2D eigenvalue weighted by Gasteiger charge is 2.33. The van der Waals surface area contributed by atoms with Crippen LogP contribution in [0.1, 0.15) is 45.1 Å². The molecule has 11 heteroatoms. The van der Waals surface area contributed by atoms with E-state index in [1.54, 1.807) is 43.3 Å². The highest BCUT2D eigenvalue weighted by Crippen LogP contribution is 2.28. The van der Waals surface area contributed by atoms with Crippen molar-refractivity contribution in [3.8, 4) is 5.75 Å². The van der Waals surface area contributed by atoms with Crippen LogP contribution in [0.25, 0.3) is 0 Å². The van der Waals surface area contributed by atoms with Gasteiger partial charge in [-0.2, -0.15) is 0 Å². The highest BCUT2D eigenvalue weighted by atomic mass is 79.9. The van der Waals surface area contributed by atoms with Crippen LogP contribution in [0.2, 0.25) is 0 Å². The molecule has 2 amide bonds. The molecule has 1 fully saturated rings. The lowest BCUT2D eigenvalue weighted by Gasteiger charge is -2.32. The fraction of sp³-hybridized carbons (Fsp3) is 0.355. The Labute approximate surface area is 264 Å². The third kappa shape index (κ3) is 8.14. The zero-order valence-corrected chi connectivity index (χ0v) is 27.6. The molecule has 1 unspecified atom stereocenters. The van der Waals surface area contributed by atoms with E-state index in [2.05, 4.69) is 37.2 Å². The molecule has 8 nitrogen and oxygen atoms in total. The van der Waals surface area contributed by atoms with Gasteiger partial charge in [-0.25, -0.2) is 8.42 Å². The standard InChI is InChI=1S/C31H35Br2N3O5S/c1-3-41-28-15-13-27(14-16-28)36(42(39,40)29-17-11-24(32)12-18-29)21-30(37)35(20-23-7-6-8-25(33)19-23)22(2)31(38)34-26-9-4-5-10-26/h6-8,11-19,22,26H,3-5,9-10,20-21H2,1-2H3,(H,34,38). The molecule has 0 bridgehead atoms. The van der Waals surface area contributed by atoms with Crippen LogP contribution in [-0.4, -0.2) is 50.4 Å². The molecule has 1 aliphatic carbocycles. The summed E-state index contributed by atoms with van der Waals surface area (Å²) < 4.78 is 36.1. The summed E-state index contributed by atoms with van der Waals surface area (Å²) >= 11 is 6.82. The monoisotopic (exact) mass is 719 g/mol. The summed E-state index contributed by atoms with van der Waals surface area (Å²) in [5.41, 5.74) is 1.11. The van der Waals surface area contributed by atoms with E-state index in [9.17, 15) is 18.0 Å². The molecule has 1 atom stereocenters. The predicted octanol–water partition coefficient (Wildman–Crippen LogP) is 6.28. The van der Waals surface area contributed by atoms with Crippen LogP contribution in [0.15, 0.2) is 86.6 Å². The Morgan fingerprint density at radius 3 is 2.26 bits per heavy atom. The second kappa shape index (κ2) is 14.5. The molecule has 3 aromatic rings. The molecule has 3 aromatic carbocycles. The van der Waals surface area contributed by atoms with Crippen LogP contribution >= 0.6 is 31.9 Å². The van der Waals surface area contributed by atoms with Crippen molar-refractivity contribution in [3.63, 3.8) is 0 Å². The van der Waals surface area contributed by atoms with Crippen LogP contribution < -0.4 is 14.4 Å². The molecule has 1 N–H and O–H groups in total. The van der Waals surface area contributed by atoms with Gasteiger partial charge in [0, 0.05) is 21.5 Å². The number of nitrogens with one attached hydrogen (secondary N) is 1. The molecule has 4 rings (SSSR count). The van der Waals surface area contributed by atoms with Gasteiger partial charge < -0.3 is 15.0 Å². The number of sulfonamides is 1. The van der Waals surface area contributed by atoms with Gasteiger partial charge in [-0.15, -0.1) is 0 Å². The zero-order valence-electron chi connectivity index (χ0n) is 23.6. The SMILES string of the molecule is CCOc1ccc(N(CC(=O)N(Cc2cccc(Br)c2)C(C)C(=O)NC2CCCC2)S(=O)(=O)c2ccc(Br)cc2)cc1. The Kier molecular flexibility index (Phi) is 11.1. The molecule has 0 aliphatic heterocycles. The van der Waals surface area contributed by atoms with Gasteiger partial charge in [0.15, 0.2) is 0 Å². The van der Waals surface area contributed by atoms with Crippen molar-refractivity contribution in [2.75, 3.05) is 17.5 Å². The lowest BCUT2D eigenvalue weighted by molar-refractivity contribution is -0.139. The van der Waals surface area contributed by atoms with Gasteiger partial charge in [-0.3, -0.25) is 13.9 Å². The van der Waals surface area contributed by atoms with E-state index in [1.165, 1.54) is 17.0 Å². The van der Waals surface area contributed by atoms with Crippen molar-refractivity contribution in [2.45, 2.75) is 63.1 Å². The minimum Gasteiger partial charge on any atom is -0.494 e. The van der Waals surface area contributed by atoms with Gasteiger partial charge in [-0.05, 0) is 92.9 Å². The Morgan fingerprint density at radius 1 is 0.976 bits per heavy atom. The van der Waals surface area contributed by atoms with Gasteiger partial charge in [0.05, 0.1) is 17.2 Å². The number of carbonyl (C=O) groups is 2. The van der Waals surface area contributed by atoms with E-state index >= 15 is 0 Å². The predicted molar refractivity (Wildman–Crippen MR) is 171 cm³/mol. The molecular formula is C31H35Br2N3O5S. The van der Waals surface area contributed by atoms with E-state index < -0.39 is 28.5 Å². The fourth-order valence-electron chi connectivity index (χ4n) is 4.94. The highest BCUT2D eigenvalue weighted by molar-refractivity contribution is 9.10. The number of benzene rings is 3. The second-order valence-electron chi connectivity index (χ2n) is 10.2.